The summed E-state index contributed by atoms with van der Waals surface area (Å²) in [4.78, 5) is 10.7. The van der Waals surface area contributed by atoms with Crippen molar-refractivity contribution in [2.75, 3.05) is 0 Å². The summed E-state index contributed by atoms with van der Waals surface area (Å²) in [6, 6.07) is 4.37. The number of nitrogens with zero attached hydrogens (tertiary/aromatic N) is 4. The van der Waals surface area contributed by atoms with Crippen molar-refractivity contribution in [3.05, 3.63) is 39.2 Å². The average molecular weight is 311 g/mol. The van der Waals surface area contributed by atoms with Crippen molar-refractivity contribution in [2.45, 2.75) is 32.9 Å². The number of hydrogen-bond donors (Lipinski definition) is 1. The van der Waals surface area contributed by atoms with Crippen LogP contribution in [0.1, 0.15) is 26.6 Å². The molecule has 8 heteroatoms. The van der Waals surface area contributed by atoms with Crippen molar-refractivity contribution >= 4 is 17.3 Å². The Morgan fingerprint density at radius 3 is 2.57 bits per heavy atom. The van der Waals surface area contributed by atoms with Gasteiger partial charge in [-0.3, -0.25) is 10.1 Å². The summed E-state index contributed by atoms with van der Waals surface area (Å²) in [6.45, 7) is 5.41. The van der Waals surface area contributed by atoms with Crippen LogP contribution < -0.4 is 0 Å². The number of aliphatic hydroxyl groups excluding tert-OH is 1. The highest BCUT2D eigenvalue weighted by Crippen LogP contribution is 2.34. The highest BCUT2D eigenvalue weighted by Gasteiger charge is 2.27. The molecule has 7 nitrogen and oxygen atoms in total. The fourth-order valence-electron chi connectivity index (χ4n) is 2.14. The van der Waals surface area contributed by atoms with E-state index in [1.54, 1.807) is 10.6 Å². The molecule has 0 fully saturated rings. The number of benzene rings is 1. The van der Waals surface area contributed by atoms with Gasteiger partial charge in [-0.2, -0.15) is 0 Å². The summed E-state index contributed by atoms with van der Waals surface area (Å²) in [5, 5.41) is 28.8. The second-order valence-electron chi connectivity index (χ2n) is 5.52. The van der Waals surface area contributed by atoms with Gasteiger partial charge in [0.1, 0.15) is 6.61 Å². The third kappa shape index (κ3) is 2.88. The molecule has 0 aliphatic heterocycles. The zero-order valence-electron chi connectivity index (χ0n) is 11.9. The van der Waals surface area contributed by atoms with Crippen molar-refractivity contribution in [1.82, 2.24) is 14.8 Å². The fourth-order valence-corrected chi connectivity index (χ4v) is 2.31. The predicted molar refractivity (Wildman–Crippen MR) is 78.0 cm³/mol. The summed E-state index contributed by atoms with van der Waals surface area (Å²) in [5.74, 6) is 0.677. The Kier molecular flexibility index (Phi) is 3.97. The van der Waals surface area contributed by atoms with Crippen molar-refractivity contribution < 1.29 is 10.0 Å². The molecule has 1 N–H and O–H groups in total. The average Bonchev–Trinajstić information content (AvgIpc) is 2.82. The highest BCUT2D eigenvalue weighted by molar-refractivity contribution is 6.30. The summed E-state index contributed by atoms with van der Waals surface area (Å²) < 4.78 is 1.68. The molecule has 112 valence electrons. The molecule has 0 aliphatic rings. The predicted octanol–water partition coefficient (Wildman–Crippen LogP) is 2.75. The Morgan fingerprint density at radius 1 is 1.38 bits per heavy atom. The Morgan fingerprint density at radius 2 is 2.05 bits per heavy atom. The molecule has 0 saturated heterocycles. The number of nitro benzene ring substituents is 1. The molecule has 0 bridgehead atoms. The first-order chi connectivity index (χ1) is 9.75. The largest absolute Gasteiger partial charge is 0.388 e. The molecule has 21 heavy (non-hydrogen) atoms. The maximum Gasteiger partial charge on any atom is 0.281 e. The number of hydrogen-bond acceptors (Lipinski definition) is 5. The number of aliphatic hydroxyl groups is 1. The molecule has 1 heterocycles. The van der Waals surface area contributed by atoms with Gasteiger partial charge < -0.3 is 9.67 Å². The molecule has 0 atom stereocenters. The molecule has 0 saturated carbocycles. The smallest absolute Gasteiger partial charge is 0.281 e. The number of halogens is 1. The van der Waals surface area contributed by atoms with Crippen LogP contribution >= 0.6 is 11.6 Å². The van der Waals surface area contributed by atoms with Gasteiger partial charge in [0.25, 0.3) is 5.69 Å². The van der Waals surface area contributed by atoms with E-state index < -0.39 is 10.5 Å². The highest BCUT2D eigenvalue weighted by atomic mass is 35.5. The van der Waals surface area contributed by atoms with Crippen LogP contribution in [0, 0.1) is 10.1 Å². The minimum absolute atomic E-state index is 0.148. The maximum absolute atomic E-state index is 11.2. The summed E-state index contributed by atoms with van der Waals surface area (Å²) in [5.41, 5.74) is -0.277. The molecule has 0 amide bonds. The van der Waals surface area contributed by atoms with Gasteiger partial charge in [-0.1, -0.05) is 11.6 Å². The quantitative estimate of drug-likeness (QED) is 0.695. The third-order valence-electron chi connectivity index (χ3n) is 2.94. The van der Waals surface area contributed by atoms with E-state index in [0.29, 0.717) is 17.2 Å². The van der Waals surface area contributed by atoms with Gasteiger partial charge in [-0.25, -0.2) is 0 Å². The van der Waals surface area contributed by atoms with Gasteiger partial charge in [0, 0.05) is 16.6 Å². The standard InChI is InChI=1S/C13H15ClN4O3/c1-13(2,3)17-11(7-19)15-16-12(17)9-5-4-8(14)6-10(9)18(20)21/h4-6,19H,7H2,1-3H3. The molecule has 0 spiro atoms. The van der Waals surface area contributed by atoms with Crippen molar-refractivity contribution in [3.63, 3.8) is 0 Å². The summed E-state index contributed by atoms with van der Waals surface area (Å²) in [7, 11) is 0. The number of rotatable bonds is 3. The Labute approximate surface area is 126 Å². The maximum atomic E-state index is 11.2. The first-order valence-electron chi connectivity index (χ1n) is 6.25. The second kappa shape index (κ2) is 5.42. The SMILES string of the molecule is CC(C)(C)n1c(CO)nnc1-c1ccc(Cl)cc1[N+](=O)[O-]. The number of nitro groups is 1. The van der Waals surface area contributed by atoms with Crippen molar-refractivity contribution in [2.24, 2.45) is 0 Å². The lowest BCUT2D eigenvalue weighted by molar-refractivity contribution is -0.384. The van der Waals surface area contributed by atoms with Crippen LogP contribution in [-0.4, -0.2) is 24.8 Å². The fraction of sp³-hybridized carbons (Fsp3) is 0.385. The van der Waals surface area contributed by atoms with Crippen molar-refractivity contribution in [3.8, 4) is 11.4 Å². The van der Waals surface area contributed by atoms with E-state index in [0.717, 1.165) is 0 Å². The zero-order valence-corrected chi connectivity index (χ0v) is 12.6. The van der Waals surface area contributed by atoms with E-state index in [-0.39, 0.29) is 17.3 Å². The van der Waals surface area contributed by atoms with Crippen molar-refractivity contribution in [1.29, 1.82) is 0 Å². The molecule has 0 aliphatic carbocycles. The second-order valence-corrected chi connectivity index (χ2v) is 5.96. The molecule has 1 aromatic carbocycles. The first kappa shape index (κ1) is 15.4. The lowest BCUT2D eigenvalue weighted by Gasteiger charge is -2.24. The molecular formula is C13H15ClN4O3. The van der Waals surface area contributed by atoms with Gasteiger partial charge in [-0.15, -0.1) is 10.2 Å². The molecule has 0 radical (unpaired) electrons. The topological polar surface area (TPSA) is 94.1 Å². The summed E-state index contributed by atoms with van der Waals surface area (Å²) in [6.07, 6.45) is 0. The number of aromatic nitrogens is 3. The van der Waals surface area contributed by atoms with E-state index in [9.17, 15) is 15.2 Å². The summed E-state index contributed by atoms with van der Waals surface area (Å²) >= 11 is 5.82. The van der Waals surface area contributed by atoms with Gasteiger partial charge in [0.05, 0.1) is 10.5 Å². The van der Waals surface area contributed by atoms with E-state index >= 15 is 0 Å². The minimum Gasteiger partial charge on any atom is -0.388 e. The van der Waals surface area contributed by atoms with Gasteiger partial charge in [-0.05, 0) is 32.9 Å². The van der Waals surface area contributed by atoms with Crippen LogP contribution in [0.3, 0.4) is 0 Å². The Balaban J connectivity index is 2.74. The van der Waals surface area contributed by atoms with Gasteiger partial charge in [0.15, 0.2) is 11.6 Å². The third-order valence-corrected chi connectivity index (χ3v) is 3.17. The Bertz CT molecular complexity index is 691. The monoisotopic (exact) mass is 310 g/mol. The van der Waals surface area contributed by atoms with E-state index in [4.69, 9.17) is 11.6 Å². The van der Waals surface area contributed by atoms with E-state index in [2.05, 4.69) is 10.2 Å². The first-order valence-corrected chi connectivity index (χ1v) is 6.63. The normalized spacial score (nSPS) is 11.7. The molecule has 2 aromatic rings. The van der Waals surface area contributed by atoms with Crippen LogP contribution in [-0.2, 0) is 12.1 Å². The van der Waals surface area contributed by atoms with Crippen LogP contribution in [0.15, 0.2) is 18.2 Å². The molecular weight excluding hydrogens is 296 g/mol. The minimum atomic E-state index is -0.512. The van der Waals surface area contributed by atoms with E-state index in [1.807, 2.05) is 20.8 Å². The van der Waals surface area contributed by atoms with Gasteiger partial charge in [0.2, 0.25) is 0 Å². The Hall–Kier alpha value is -1.99. The zero-order chi connectivity index (χ0) is 15.8. The van der Waals surface area contributed by atoms with Crippen LogP contribution in [0.5, 0.6) is 0 Å². The van der Waals surface area contributed by atoms with Crippen LogP contribution in [0.25, 0.3) is 11.4 Å². The lowest BCUT2D eigenvalue weighted by atomic mass is 10.1. The molecule has 0 unspecified atom stereocenters. The molecule has 1 aromatic heterocycles. The lowest BCUT2D eigenvalue weighted by Crippen LogP contribution is -2.25. The van der Waals surface area contributed by atoms with E-state index in [1.165, 1.54) is 12.1 Å². The van der Waals surface area contributed by atoms with Crippen LogP contribution in [0.4, 0.5) is 5.69 Å². The van der Waals surface area contributed by atoms with Gasteiger partial charge >= 0.3 is 0 Å². The molecule has 2 rings (SSSR count). The van der Waals surface area contributed by atoms with Crippen LogP contribution in [0.2, 0.25) is 5.02 Å².